The van der Waals surface area contributed by atoms with Gasteiger partial charge in [-0.2, -0.15) is 5.10 Å². The van der Waals surface area contributed by atoms with E-state index in [9.17, 15) is 9.59 Å². The summed E-state index contributed by atoms with van der Waals surface area (Å²) in [5, 5.41) is 6.76. The fourth-order valence-corrected chi connectivity index (χ4v) is 4.64. The van der Waals surface area contributed by atoms with Crippen LogP contribution in [0.25, 0.3) is 10.9 Å². The molecule has 29 heavy (non-hydrogen) atoms. The lowest BCUT2D eigenvalue weighted by Crippen LogP contribution is -2.66. The van der Waals surface area contributed by atoms with E-state index in [1.165, 1.54) is 5.01 Å². The SMILES string of the molecule is CC1(C)c2[nH]c3ccccc3c2CC2C(=O)N(N=Cc3ccccc3)CC(=O)N21. The molecule has 2 aromatic carbocycles. The molecule has 0 saturated carbocycles. The fourth-order valence-electron chi connectivity index (χ4n) is 4.64. The number of fused-ring (bicyclic) bond motifs is 4. The van der Waals surface area contributed by atoms with Gasteiger partial charge in [0.15, 0.2) is 0 Å². The summed E-state index contributed by atoms with van der Waals surface area (Å²) in [4.78, 5) is 31.6. The highest BCUT2D eigenvalue weighted by atomic mass is 16.2. The molecule has 3 heterocycles. The molecular formula is C23H22N4O2. The predicted octanol–water partition coefficient (Wildman–Crippen LogP) is 3.03. The van der Waals surface area contributed by atoms with Crippen molar-refractivity contribution in [1.29, 1.82) is 0 Å². The summed E-state index contributed by atoms with van der Waals surface area (Å²) < 4.78 is 0. The van der Waals surface area contributed by atoms with Crippen LogP contribution in [0.2, 0.25) is 0 Å². The number of carbonyl (C=O) groups is 2. The summed E-state index contributed by atoms with van der Waals surface area (Å²) in [5.74, 6) is -0.227. The van der Waals surface area contributed by atoms with Gasteiger partial charge in [0.25, 0.3) is 5.91 Å². The van der Waals surface area contributed by atoms with Crippen molar-refractivity contribution < 1.29 is 9.59 Å². The Hall–Kier alpha value is -3.41. The molecule has 2 aliphatic heterocycles. The number of hydrogen-bond donors (Lipinski definition) is 1. The number of hydrogen-bond acceptors (Lipinski definition) is 3. The number of para-hydroxylation sites is 1. The van der Waals surface area contributed by atoms with E-state index >= 15 is 0 Å². The third kappa shape index (κ3) is 2.67. The van der Waals surface area contributed by atoms with E-state index in [1.54, 1.807) is 11.1 Å². The van der Waals surface area contributed by atoms with Crippen LogP contribution in [-0.4, -0.2) is 45.5 Å². The van der Waals surface area contributed by atoms with Crippen LogP contribution >= 0.6 is 0 Å². The number of nitrogens with one attached hydrogen (secondary N) is 1. The average molecular weight is 386 g/mol. The van der Waals surface area contributed by atoms with Crippen LogP contribution in [0.4, 0.5) is 0 Å². The molecular weight excluding hydrogens is 364 g/mol. The average Bonchev–Trinajstić information content (AvgIpc) is 3.10. The number of hydrazone groups is 1. The minimum atomic E-state index is -0.598. The number of H-pyrrole nitrogens is 1. The van der Waals surface area contributed by atoms with E-state index in [2.05, 4.69) is 16.2 Å². The van der Waals surface area contributed by atoms with Crippen molar-refractivity contribution in [1.82, 2.24) is 14.9 Å². The van der Waals surface area contributed by atoms with Gasteiger partial charge in [-0.15, -0.1) is 0 Å². The summed E-state index contributed by atoms with van der Waals surface area (Å²) >= 11 is 0. The van der Waals surface area contributed by atoms with Crippen molar-refractivity contribution >= 4 is 28.9 Å². The molecule has 1 unspecified atom stereocenters. The highest BCUT2D eigenvalue weighted by Gasteiger charge is 2.51. The lowest BCUT2D eigenvalue weighted by atomic mass is 9.82. The van der Waals surface area contributed by atoms with Crippen molar-refractivity contribution in [3.8, 4) is 0 Å². The second kappa shape index (κ2) is 6.30. The van der Waals surface area contributed by atoms with E-state index in [1.807, 2.05) is 62.4 Å². The molecule has 1 saturated heterocycles. The Kier molecular flexibility index (Phi) is 3.84. The van der Waals surface area contributed by atoms with Gasteiger partial charge in [0.2, 0.25) is 5.91 Å². The topological polar surface area (TPSA) is 68.8 Å². The normalized spacial score (nSPS) is 21.0. The molecule has 2 aliphatic rings. The summed E-state index contributed by atoms with van der Waals surface area (Å²) in [5.41, 5.74) is 3.45. The van der Waals surface area contributed by atoms with Crippen LogP contribution in [0.1, 0.15) is 30.7 Å². The molecule has 1 N–H and O–H groups in total. The molecule has 6 nitrogen and oxygen atoms in total. The van der Waals surface area contributed by atoms with Crippen LogP contribution in [0.15, 0.2) is 59.7 Å². The van der Waals surface area contributed by atoms with Gasteiger partial charge >= 0.3 is 0 Å². The molecule has 146 valence electrons. The van der Waals surface area contributed by atoms with E-state index in [0.717, 1.165) is 27.7 Å². The monoisotopic (exact) mass is 386 g/mol. The number of piperazine rings is 1. The summed E-state index contributed by atoms with van der Waals surface area (Å²) in [6, 6.07) is 17.1. The first kappa shape index (κ1) is 17.7. The Labute approximate surface area is 168 Å². The molecule has 0 aliphatic carbocycles. The number of aromatic amines is 1. The van der Waals surface area contributed by atoms with E-state index in [-0.39, 0.29) is 18.4 Å². The second-order valence-corrected chi connectivity index (χ2v) is 8.12. The van der Waals surface area contributed by atoms with Gasteiger partial charge in [-0.3, -0.25) is 9.59 Å². The van der Waals surface area contributed by atoms with E-state index in [0.29, 0.717) is 6.42 Å². The summed E-state index contributed by atoms with van der Waals surface area (Å²) in [6.45, 7) is 3.96. The van der Waals surface area contributed by atoms with E-state index < -0.39 is 11.6 Å². The first-order chi connectivity index (χ1) is 14.0. The van der Waals surface area contributed by atoms with Crippen molar-refractivity contribution in [3.63, 3.8) is 0 Å². The highest BCUT2D eigenvalue weighted by Crippen LogP contribution is 2.42. The van der Waals surface area contributed by atoms with Gasteiger partial charge in [-0.05, 0) is 31.0 Å². The Morgan fingerprint density at radius 1 is 1.07 bits per heavy atom. The third-order valence-corrected chi connectivity index (χ3v) is 5.98. The standard InChI is InChI=1S/C23H22N4O2/c1-23(2)21-17(16-10-6-7-11-18(16)25-21)12-19-22(29)26(14-20(28)27(19)23)24-13-15-8-4-3-5-9-15/h3-11,13,19,25H,12,14H2,1-2H3. The highest BCUT2D eigenvalue weighted by molar-refractivity contribution is 5.98. The molecule has 5 rings (SSSR count). The van der Waals surface area contributed by atoms with Gasteiger partial charge in [0.05, 0.1) is 11.8 Å². The number of nitrogens with zero attached hydrogens (tertiary/aromatic N) is 3. The van der Waals surface area contributed by atoms with Crippen molar-refractivity contribution in [3.05, 3.63) is 71.4 Å². The van der Waals surface area contributed by atoms with Gasteiger partial charge < -0.3 is 9.88 Å². The van der Waals surface area contributed by atoms with Crippen LogP contribution in [-0.2, 0) is 21.5 Å². The first-order valence-corrected chi connectivity index (χ1v) is 9.79. The maximum absolute atomic E-state index is 13.3. The summed E-state index contributed by atoms with van der Waals surface area (Å²) in [6.07, 6.45) is 2.12. The quantitative estimate of drug-likeness (QED) is 0.688. The van der Waals surface area contributed by atoms with Crippen molar-refractivity contribution in [2.75, 3.05) is 6.54 Å². The number of aromatic nitrogens is 1. The summed E-state index contributed by atoms with van der Waals surface area (Å²) in [7, 11) is 0. The maximum atomic E-state index is 13.3. The van der Waals surface area contributed by atoms with Gasteiger partial charge in [-0.1, -0.05) is 48.5 Å². The Morgan fingerprint density at radius 3 is 2.59 bits per heavy atom. The molecule has 2 amide bonds. The fraction of sp³-hybridized carbons (Fsp3) is 0.261. The minimum Gasteiger partial charge on any atom is -0.356 e. The lowest BCUT2D eigenvalue weighted by molar-refractivity contribution is -0.163. The van der Waals surface area contributed by atoms with Crippen molar-refractivity contribution in [2.24, 2.45) is 5.10 Å². The van der Waals surface area contributed by atoms with Crippen LogP contribution in [0, 0.1) is 0 Å². The van der Waals surface area contributed by atoms with E-state index in [4.69, 9.17) is 0 Å². The first-order valence-electron chi connectivity index (χ1n) is 9.79. The Bertz CT molecular complexity index is 1150. The predicted molar refractivity (Wildman–Crippen MR) is 111 cm³/mol. The zero-order valence-corrected chi connectivity index (χ0v) is 16.4. The molecule has 0 bridgehead atoms. The third-order valence-electron chi connectivity index (χ3n) is 5.98. The van der Waals surface area contributed by atoms with Crippen LogP contribution in [0.5, 0.6) is 0 Å². The van der Waals surface area contributed by atoms with Crippen molar-refractivity contribution in [2.45, 2.75) is 31.8 Å². The molecule has 1 aromatic heterocycles. The molecule has 1 fully saturated rings. The smallest absolute Gasteiger partial charge is 0.266 e. The molecule has 0 spiro atoms. The van der Waals surface area contributed by atoms with Crippen LogP contribution < -0.4 is 0 Å². The zero-order chi connectivity index (χ0) is 20.2. The second-order valence-electron chi connectivity index (χ2n) is 8.12. The number of carbonyl (C=O) groups excluding carboxylic acids is 2. The maximum Gasteiger partial charge on any atom is 0.266 e. The van der Waals surface area contributed by atoms with Crippen LogP contribution in [0.3, 0.4) is 0 Å². The van der Waals surface area contributed by atoms with Gasteiger partial charge in [0.1, 0.15) is 12.6 Å². The zero-order valence-electron chi connectivity index (χ0n) is 16.4. The lowest BCUT2D eigenvalue weighted by Gasteiger charge is -2.50. The molecule has 3 aromatic rings. The van der Waals surface area contributed by atoms with Gasteiger partial charge in [-0.25, -0.2) is 5.01 Å². The number of amides is 2. The number of benzene rings is 2. The Balaban J connectivity index is 1.54. The number of rotatable bonds is 2. The van der Waals surface area contributed by atoms with Gasteiger partial charge in [0, 0.05) is 23.0 Å². The Morgan fingerprint density at radius 2 is 1.79 bits per heavy atom. The minimum absolute atomic E-state index is 0.0440. The molecule has 1 atom stereocenters. The molecule has 6 heteroatoms. The molecule has 0 radical (unpaired) electrons. The largest absolute Gasteiger partial charge is 0.356 e.